The van der Waals surface area contributed by atoms with Crippen molar-refractivity contribution in [3.8, 4) is 0 Å². The van der Waals surface area contributed by atoms with Crippen molar-refractivity contribution in [2.24, 2.45) is 11.7 Å². The van der Waals surface area contributed by atoms with E-state index < -0.39 is 4.30 Å². The van der Waals surface area contributed by atoms with E-state index in [1.165, 1.54) is 0 Å². The Hall–Kier alpha value is 0.750. The van der Waals surface area contributed by atoms with Crippen molar-refractivity contribution < 1.29 is 5.11 Å². The monoisotopic (exact) mass is 182 g/mol. The van der Waals surface area contributed by atoms with Gasteiger partial charge in [-0.25, -0.2) is 0 Å². The highest BCUT2D eigenvalue weighted by atomic mass is 35.6. The fourth-order valence-electron chi connectivity index (χ4n) is 0. The Kier molecular flexibility index (Phi) is 49.9. The largest absolute Gasteiger partial charge is 0.400 e. The number of hydrogen-bond donors (Lipinski definition) is 3. The van der Waals surface area contributed by atoms with Crippen LogP contribution in [0.1, 0.15) is 0 Å². The van der Waals surface area contributed by atoms with Gasteiger partial charge in [0.15, 0.2) is 4.30 Å². The zero-order valence-electron chi connectivity index (χ0n) is 4.31. The van der Waals surface area contributed by atoms with E-state index in [4.69, 9.17) is 39.9 Å². The lowest BCUT2D eigenvalue weighted by Crippen LogP contribution is -2.02. The molecular weight excluding hydrogens is 174 g/mol. The third-order valence-electron chi connectivity index (χ3n) is 0. The Bertz CT molecular complexity index is 20.0. The normalized spacial score (nSPS) is 6.00. The molecule has 3 nitrogen and oxygen atoms in total. The maximum Gasteiger partial charge on any atom is 0.180 e. The third kappa shape index (κ3) is 397. The number of hydrazine groups is 1. The fraction of sp³-hybridized carbons (Fsp3) is 1.00. The topological polar surface area (TPSA) is 72.3 Å². The second-order valence-corrected chi connectivity index (χ2v) is 2.23. The molecule has 0 saturated carbocycles. The molecule has 0 aromatic carbocycles. The van der Waals surface area contributed by atoms with Crippen molar-refractivity contribution in [1.29, 1.82) is 0 Å². The molecule has 0 rings (SSSR count). The number of aliphatic hydroxyl groups excluding tert-OH is 1. The van der Waals surface area contributed by atoms with Crippen LogP contribution >= 0.6 is 34.8 Å². The lowest BCUT2D eigenvalue weighted by atomic mass is 11.8. The Morgan fingerprint density at radius 2 is 1.12 bits per heavy atom. The number of aliphatic hydroxyl groups is 1. The van der Waals surface area contributed by atoms with Crippen molar-refractivity contribution in [1.82, 2.24) is 0 Å². The van der Waals surface area contributed by atoms with Gasteiger partial charge in [-0.2, -0.15) is 0 Å². The summed E-state index contributed by atoms with van der Waals surface area (Å²) >= 11 is 14.4. The van der Waals surface area contributed by atoms with Crippen molar-refractivity contribution in [2.75, 3.05) is 7.11 Å². The summed E-state index contributed by atoms with van der Waals surface area (Å²) in [6, 6.07) is 0. The average molecular weight is 183 g/mol. The predicted molar refractivity (Wildman–Crippen MR) is 37.9 cm³/mol. The van der Waals surface area contributed by atoms with Gasteiger partial charge >= 0.3 is 0 Å². The molecule has 0 saturated heterocycles. The van der Waals surface area contributed by atoms with Crippen LogP contribution in [0.3, 0.4) is 0 Å². The SMILES string of the molecule is CO.ClC(Cl)Cl.NN. The van der Waals surface area contributed by atoms with Gasteiger partial charge in [0.2, 0.25) is 0 Å². The van der Waals surface area contributed by atoms with Crippen LogP contribution in [0, 0.1) is 0 Å². The number of nitrogens with two attached hydrogens (primary N) is 2. The van der Waals surface area contributed by atoms with Crippen LogP contribution in [0.15, 0.2) is 0 Å². The highest BCUT2D eigenvalue weighted by Crippen LogP contribution is 2.03. The highest BCUT2D eigenvalue weighted by molar-refractivity contribution is 6.63. The zero-order valence-corrected chi connectivity index (χ0v) is 6.58. The van der Waals surface area contributed by atoms with Crippen LogP contribution in [0.2, 0.25) is 0 Å². The van der Waals surface area contributed by atoms with Crippen molar-refractivity contribution in [3.63, 3.8) is 0 Å². The molecule has 0 heterocycles. The minimum atomic E-state index is -0.750. The average Bonchev–Trinajstić information content (AvgIpc) is 1.75. The fourth-order valence-corrected chi connectivity index (χ4v) is 0. The first-order valence-corrected chi connectivity index (χ1v) is 2.74. The summed E-state index contributed by atoms with van der Waals surface area (Å²) in [4.78, 5) is 0. The molecule has 0 atom stereocenters. The van der Waals surface area contributed by atoms with E-state index >= 15 is 0 Å². The van der Waals surface area contributed by atoms with E-state index in [9.17, 15) is 0 Å². The first-order valence-electron chi connectivity index (χ1n) is 1.44. The molecule has 8 heavy (non-hydrogen) atoms. The molecule has 0 bridgehead atoms. The number of halogens is 3. The maximum atomic E-state index is 7.00. The van der Waals surface area contributed by atoms with Crippen LogP contribution in [0.4, 0.5) is 0 Å². The third-order valence-corrected chi connectivity index (χ3v) is 0. The summed E-state index contributed by atoms with van der Waals surface area (Å²) in [6.45, 7) is 0. The minimum Gasteiger partial charge on any atom is -0.400 e. The molecule has 0 aliphatic heterocycles. The van der Waals surface area contributed by atoms with Gasteiger partial charge in [-0.05, 0) is 0 Å². The van der Waals surface area contributed by atoms with Crippen LogP contribution in [-0.2, 0) is 0 Å². The lowest BCUT2D eigenvalue weighted by molar-refractivity contribution is 0.399. The molecule has 0 aromatic heterocycles. The quantitative estimate of drug-likeness (QED) is 0.289. The minimum absolute atomic E-state index is 0.750. The first-order chi connectivity index (χ1) is 3.73. The van der Waals surface area contributed by atoms with E-state index in [-0.39, 0.29) is 0 Å². The standard InChI is InChI=1S/CHCl3.CH4O.H4N2/c2-1(3)4;2*1-2/h1H;2H,1H3;1-2H2. The van der Waals surface area contributed by atoms with Crippen LogP contribution in [0.5, 0.6) is 0 Å². The molecule has 0 fully saturated rings. The van der Waals surface area contributed by atoms with Gasteiger partial charge in [0, 0.05) is 7.11 Å². The Morgan fingerprint density at radius 1 is 1.12 bits per heavy atom. The van der Waals surface area contributed by atoms with E-state index in [1.807, 2.05) is 0 Å². The molecule has 0 radical (unpaired) electrons. The summed E-state index contributed by atoms with van der Waals surface area (Å²) in [7, 11) is 1.00. The van der Waals surface area contributed by atoms with Crippen molar-refractivity contribution in [3.05, 3.63) is 0 Å². The number of hydrogen-bond acceptors (Lipinski definition) is 3. The summed E-state index contributed by atoms with van der Waals surface area (Å²) in [6.07, 6.45) is 0. The molecule has 0 aliphatic carbocycles. The van der Waals surface area contributed by atoms with Gasteiger partial charge < -0.3 is 5.11 Å². The second kappa shape index (κ2) is 25.1. The van der Waals surface area contributed by atoms with Crippen LogP contribution < -0.4 is 11.7 Å². The molecule has 0 aromatic rings. The highest BCUT2D eigenvalue weighted by Gasteiger charge is 1.78. The van der Waals surface area contributed by atoms with E-state index in [1.54, 1.807) is 0 Å². The second-order valence-electron chi connectivity index (χ2n) is 0.247. The van der Waals surface area contributed by atoms with E-state index in [0.717, 1.165) is 7.11 Å². The molecule has 0 unspecified atom stereocenters. The Labute approximate surface area is 63.5 Å². The van der Waals surface area contributed by atoms with Crippen LogP contribution in [-0.4, -0.2) is 16.5 Å². The molecule has 54 valence electrons. The number of rotatable bonds is 0. The predicted octanol–water partition coefficient (Wildman–Crippen LogP) is 0.414. The summed E-state index contributed by atoms with van der Waals surface area (Å²) in [5, 5.41) is 7.00. The first kappa shape index (κ1) is 15.9. The van der Waals surface area contributed by atoms with Gasteiger partial charge in [-0.3, -0.25) is 11.7 Å². The van der Waals surface area contributed by atoms with Gasteiger partial charge in [0.25, 0.3) is 0 Å². The van der Waals surface area contributed by atoms with Gasteiger partial charge in [-0.15, -0.1) is 0 Å². The maximum absolute atomic E-state index is 7.00. The molecule has 0 spiro atoms. The summed E-state index contributed by atoms with van der Waals surface area (Å²) in [5.41, 5.74) is 0. The molecule has 0 aliphatic rings. The number of alkyl halides is 3. The van der Waals surface area contributed by atoms with Crippen molar-refractivity contribution in [2.45, 2.75) is 4.30 Å². The van der Waals surface area contributed by atoms with E-state index in [0.29, 0.717) is 0 Å². The molecule has 0 amide bonds. The van der Waals surface area contributed by atoms with E-state index in [2.05, 4.69) is 11.7 Å². The molecular formula is C2H9Cl3N2O. The summed E-state index contributed by atoms with van der Waals surface area (Å²) < 4.78 is -0.750. The Morgan fingerprint density at radius 3 is 1.12 bits per heavy atom. The van der Waals surface area contributed by atoms with Gasteiger partial charge in [-0.1, -0.05) is 34.8 Å². The van der Waals surface area contributed by atoms with Crippen molar-refractivity contribution >= 4 is 34.8 Å². The Balaban J connectivity index is -0.0000000542. The summed E-state index contributed by atoms with van der Waals surface area (Å²) in [5.74, 6) is 8.00. The molecule has 5 N–H and O–H groups in total. The van der Waals surface area contributed by atoms with Gasteiger partial charge in [0.1, 0.15) is 0 Å². The smallest absolute Gasteiger partial charge is 0.180 e. The lowest BCUT2D eigenvalue weighted by Gasteiger charge is -1.69. The molecule has 6 heteroatoms. The zero-order chi connectivity index (χ0) is 7.58. The van der Waals surface area contributed by atoms with Gasteiger partial charge in [0.05, 0.1) is 0 Å². The van der Waals surface area contributed by atoms with Crippen LogP contribution in [0.25, 0.3) is 0 Å².